The Kier molecular flexibility index (Phi) is 8.04. The molecule has 0 spiro atoms. The minimum absolute atomic E-state index is 0.0506. The number of hydrogen-bond donors (Lipinski definition) is 2. The van der Waals surface area contributed by atoms with Crippen molar-refractivity contribution in [2.24, 2.45) is 11.7 Å². The van der Waals surface area contributed by atoms with Crippen molar-refractivity contribution in [2.75, 3.05) is 19.6 Å². The van der Waals surface area contributed by atoms with E-state index in [1.54, 1.807) is 6.07 Å². The van der Waals surface area contributed by atoms with Crippen LogP contribution < -0.4 is 11.1 Å². The molecular weight excluding hydrogens is 333 g/mol. The lowest BCUT2D eigenvalue weighted by Crippen LogP contribution is -2.51. The first-order valence-electron chi connectivity index (χ1n) is 9.53. The Morgan fingerprint density at radius 1 is 1.38 bits per heavy atom. The number of hydrogen-bond acceptors (Lipinski definition) is 3. The van der Waals surface area contributed by atoms with Crippen LogP contribution in [0.15, 0.2) is 24.3 Å². The fourth-order valence-electron chi connectivity index (χ4n) is 3.44. The number of nitrogens with zero attached hydrogens (tertiary/aromatic N) is 1. The number of carbonyl (C=O) groups is 2. The van der Waals surface area contributed by atoms with Gasteiger partial charge >= 0.3 is 0 Å². The first kappa shape index (κ1) is 20.4. The average molecular weight is 363 g/mol. The van der Waals surface area contributed by atoms with Crippen molar-refractivity contribution >= 4 is 11.8 Å². The van der Waals surface area contributed by atoms with Crippen molar-refractivity contribution in [3.8, 4) is 0 Å². The molecule has 1 aromatic rings. The monoisotopic (exact) mass is 363 g/mol. The van der Waals surface area contributed by atoms with Crippen molar-refractivity contribution in [2.45, 2.75) is 51.5 Å². The maximum absolute atomic E-state index is 13.3. The van der Waals surface area contributed by atoms with Gasteiger partial charge in [-0.3, -0.25) is 9.59 Å². The van der Waals surface area contributed by atoms with Crippen LogP contribution in [0.25, 0.3) is 0 Å². The van der Waals surface area contributed by atoms with Gasteiger partial charge in [-0.05, 0) is 49.8 Å². The number of aryl methyl sites for hydroxylation is 1. The van der Waals surface area contributed by atoms with Crippen LogP contribution in [0.4, 0.5) is 4.39 Å². The maximum atomic E-state index is 13.3. The first-order valence-corrected chi connectivity index (χ1v) is 9.53. The van der Waals surface area contributed by atoms with E-state index in [0.717, 1.165) is 31.4 Å². The summed E-state index contributed by atoms with van der Waals surface area (Å²) in [4.78, 5) is 26.5. The predicted molar refractivity (Wildman–Crippen MR) is 99.9 cm³/mol. The van der Waals surface area contributed by atoms with E-state index in [-0.39, 0.29) is 29.6 Å². The van der Waals surface area contributed by atoms with Gasteiger partial charge in [0.2, 0.25) is 11.8 Å². The van der Waals surface area contributed by atoms with E-state index < -0.39 is 0 Å². The lowest BCUT2D eigenvalue weighted by molar-refractivity contribution is -0.139. The highest BCUT2D eigenvalue weighted by molar-refractivity contribution is 5.79. The molecule has 1 aliphatic rings. The summed E-state index contributed by atoms with van der Waals surface area (Å²) in [5.74, 6) is -0.312. The summed E-state index contributed by atoms with van der Waals surface area (Å²) in [6, 6.07) is 6.58. The van der Waals surface area contributed by atoms with Gasteiger partial charge in [-0.1, -0.05) is 19.1 Å². The number of likely N-dealkylation sites (tertiary alicyclic amines) is 1. The second-order valence-electron chi connectivity index (χ2n) is 7.09. The molecule has 26 heavy (non-hydrogen) atoms. The molecule has 0 radical (unpaired) electrons. The lowest BCUT2D eigenvalue weighted by atomic mass is 9.96. The summed E-state index contributed by atoms with van der Waals surface area (Å²) in [6.07, 6.45) is 4.64. The van der Waals surface area contributed by atoms with E-state index >= 15 is 0 Å². The number of piperidine rings is 1. The molecule has 1 heterocycles. The van der Waals surface area contributed by atoms with Gasteiger partial charge in [0, 0.05) is 38.0 Å². The van der Waals surface area contributed by atoms with Crippen molar-refractivity contribution < 1.29 is 14.0 Å². The highest BCUT2D eigenvalue weighted by Gasteiger charge is 2.29. The molecule has 144 valence electrons. The van der Waals surface area contributed by atoms with Crippen molar-refractivity contribution in [3.63, 3.8) is 0 Å². The van der Waals surface area contributed by atoms with Crippen molar-refractivity contribution in [1.82, 2.24) is 10.2 Å². The van der Waals surface area contributed by atoms with Crippen molar-refractivity contribution in [1.29, 1.82) is 0 Å². The molecule has 2 amide bonds. The molecule has 2 unspecified atom stereocenters. The molecule has 1 aromatic carbocycles. The van der Waals surface area contributed by atoms with Gasteiger partial charge in [0.05, 0.1) is 0 Å². The third kappa shape index (κ3) is 6.09. The number of nitrogens with one attached hydrogen (secondary N) is 1. The molecule has 0 aromatic heterocycles. The summed E-state index contributed by atoms with van der Waals surface area (Å²) in [6.45, 7) is 3.48. The minimum Gasteiger partial charge on any atom is -0.354 e. The van der Waals surface area contributed by atoms with Crippen LogP contribution in [0.1, 0.15) is 44.6 Å². The number of amides is 2. The topological polar surface area (TPSA) is 75.4 Å². The minimum atomic E-state index is -0.245. The van der Waals surface area contributed by atoms with E-state index in [1.165, 1.54) is 12.1 Å². The SMILES string of the molecule is CC(CCc1cccc(F)c1)C(=O)N1CCCCC1CNC(=O)CCN. The number of nitrogens with two attached hydrogens (primary N) is 1. The van der Waals surface area contributed by atoms with E-state index in [0.29, 0.717) is 32.4 Å². The van der Waals surface area contributed by atoms with Crippen molar-refractivity contribution in [3.05, 3.63) is 35.6 Å². The number of carbonyl (C=O) groups excluding carboxylic acids is 2. The average Bonchev–Trinajstić information content (AvgIpc) is 2.64. The van der Waals surface area contributed by atoms with Gasteiger partial charge < -0.3 is 16.0 Å². The lowest BCUT2D eigenvalue weighted by Gasteiger charge is -2.37. The van der Waals surface area contributed by atoms with Gasteiger partial charge in [-0.15, -0.1) is 0 Å². The second-order valence-corrected chi connectivity index (χ2v) is 7.09. The summed E-state index contributed by atoms with van der Waals surface area (Å²) >= 11 is 0. The number of rotatable bonds is 8. The van der Waals surface area contributed by atoms with E-state index in [9.17, 15) is 14.0 Å². The molecule has 1 aliphatic heterocycles. The van der Waals surface area contributed by atoms with Gasteiger partial charge in [0.1, 0.15) is 5.82 Å². The Hall–Kier alpha value is -1.95. The smallest absolute Gasteiger partial charge is 0.225 e. The highest BCUT2D eigenvalue weighted by atomic mass is 19.1. The molecule has 2 rings (SSSR count). The van der Waals surface area contributed by atoms with Gasteiger partial charge in [-0.25, -0.2) is 4.39 Å². The second kappa shape index (κ2) is 10.3. The molecule has 5 nitrogen and oxygen atoms in total. The zero-order valence-corrected chi connectivity index (χ0v) is 15.5. The Morgan fingerprint density at radius 3 is 2.92 bits per heavy atom. The van der Waals surface area contributed by atoms with Crippen LogP contribution in [-0.2, 0) is 16.0 Å². The predicted octanol–water partition coefficient (Wildman–Crippen LogP) is 2.24. The van der Waals surface area contributed by atoms with Gasteiger partial charge in [0.15, 0.2) is 0 Å². The number of halogens is 1. The van der Waals surface area contributed by atoms with Crippen LogP contribution in [0.2, 0.25) is 0 Å². The molecule has 1 saturated heterocycles. The standard InChI is InChI=1S/C20H30FN3O2/c1-15(8-9-16-5-4-6-17(21)13-16)20(26)24-12-3-2-7-18(24)14-23-19(25)10-11-22/h4-6,13,15,18H,2-3,7-12,14,22H2,1H3,(H,23,25). The third-order valence-electron chi connectivity index (χ3n) is 4.99. The number of benzene rings is 1. The fraction of sp³-hybridized carbons (Fsp3) is 0.600. The molecule has 1 fully saturated rings. The van der Waals surface area contributed by atoms with Gasteiger partial charge in [0.25, 0.3) is 0 Å². The molecule has 3 N–H and O–H groups in total. The fourth-order valence-corrected chi connectivity index (χ4v) is 3.44. The summed E-state index contributed by atoms with van der Waals surface area (Å²) in [7, 11) is 0. The van der Waals surface area contributed by atoms with Crippen LogP contribution in [0, 0.1) is 11.7 Å². The van der Waals surface area contributed by atoms with E-state index in [4.69, 9.17) is 5.73 Å². The molecule has 0 saturated carbocycles. The van der Waals surface area contributed by atoms with Crippen LogP contribution in [0.5, 0.6) is 0 Å². The summed E-state index contributed by atoms with van der Waals surface area (Å²) < 4.78 is 13.3. The zero-order valence-electron chi connectivity index (χ0n) is 15.5. The van der Waals surface area contributed by atoms with Crippen LogP contribution in [0.3, 0.4) is 0 Å². The summed E-state index contributed by atoms with van der Waals surface area (Å²) in [5.41, 5.74) is 6.31. The largest absolute Gasteiger partial charge is 0.354 e. The normalized spacial score (nSPS) is 18.4. The molecular formula is C20H30FN3O2. The summed E-state index contributed by atoms with van der Waals surface area (Å²) in [5, 5.41) is 2.89. The Morgan fingerprint density at radius 2 is 2.19 bits per heavy atom. The first-order chi connectivity index (χ1) is 12.5. The quantitative estimate of drug-likeness (QED) is 0.744. The maximum Gasteiger partial charge on any atom is 0.225 e. The van der Waals surface area contributed by atoms with Crippen LogP contribution >= 0.6 is 0 Å². The molecule has 2 atom stereocenters. The van der Waals surface area contributed by atoms with E-state index in [2.05, 4.69) is 5.32 Å². The molecule has 0 bridgehead atoms. The zero-order chi connectivity index (χ0) is 18.9. The van der Waals surface area contributed by atoms with Gasteiger partial charge in [-0.2, -0.15) is 0 Å². The Labute approximate surface area is 155 Å². The highest BCUT2D eigenvalue weighted by Crippen LogP contribution is 2.21. The Bertz CT molecular complexity index is 608. The van der Waals surface area contributed by atoms with E-state index in [1.807, 2.05) is 17.9 Å². The molecule has 0 aliphatic carbocycles. The Balaban J connectivity index is 1.88. The van der Waals surface area contributed by atoms with Crippen LogP contribution in [-0.4, -0.2) is 42.4 Å². The third-order valence-corrected chi connectivity index (χ3v) is 4.99. The molecule has 6 heteroatoms.